The van der Waals surface area contributed by atoms with Crippen LogP contribution in [0.15, 0.2) is 23.0 Å². The van der Waals surface area contributed by atoms with E-state index >= 15 is 0 Å². The van der Waals surface area contributed by atoms with E-state index in [-0.39, 0.29) is 0 Å². The van der Waals surface area contributed by atoms with Gasteiger partial charge in [0.15, 0.2) is 0 Å². The van der Waals surface area contributed by atoms with E-state index in [2.05, 4.69) is 39.1 Å². The molecule has 0 aliphatic carbocycles. The molecule has 0 amide bonds. The Labute approximate surface area is 99.4 Å². The molecule has 16 heavy (non-hydrogen) atoms. The van der Waals surface area contributed by atoms with Crippen molar-refractivity contribution in [2.45, 2.75) is 40.5 Å². The van der Waals surface area contributed by atoms with E-state index in [4.69, 9.17) is 4.42 Å². The summed E-state index contributed by atoms with van der Waals surface area (Å²) in [4.78, 5) is 0. The fraction of sp³-hybridized carbons (Fsp3) is 0.714. The molecule has 0 aliphatic heterocycles. The van der Waals surface area contributed by atoms with Crippen LogP contribution in [0, 0.1) is 11.3 Å². The van der Waals surface area contributed by atoms with Crippen LogP contribution in [0.5, 0.6) is 0 Å². The fourth-order valence-corrected chi connectivity index (χ4v) is 1.86. The second-order valence-corrected chi connectivity index (χ2v) is 5.50. The molecule has 0 saturated carbocycles. The first kappa shape index (κ1) is 13.3. The highest BCUT2D eigenvalue weighted by Gasteiger charge is 2.22. The predicted molar refractivity (Wildman–Crippen MR) is 68.5 cm³/mol. The van der Waals surface area contributed by atoms with E-state index in [0.717, 1.165) is 25.4 Å². The van der Waals surface area contributed by atoms with Crippen molar-refractivity contribution in [3.8, 4) is 0 Å². The van der Waals surface area contributed by atoms with Crippen molar-refractivity contribution in [1.29, 1.82) is 0 Å². The Morgan fingerprint density at radius 2 is 2.19 bits per heavy atom. The van der Waals surface area contributed by atoms with E-state index in [0.29, 0.717) is 5.41 Å². The van der Waals surface area contributed by atoms with Gasteiger partial charge in [0.1, 0.15) is 0 Å². The van der Waals surface area contributed by atoms with Gasteiger partial charge >= 0.3 is 0 Å². The third kappa shape index (κ3) is 4.40. The zero-order chi connectivity index (χ0) is 12.0. The van der Waals surface area contributed by atoms with E-state index in [1.54, 1.807) is 6.26 Å². The van der Waals surface area contributed by atoms with Crippen LogP contribution >= 0.6 is 0 Å². The maximum atomic E-state index is 5.13. The summed E-state index contributed by atoms with van der Waals surface area (Å²) in [5.74, 6) is 0.718. The van der Waals surface area contributed by atoms with E-state index in [1.165, 1.54) is 12.0 Å². The fourth-order valence-electron chi connectivity index (χ4n) is 1.86. The smallest absolute Gasteiger partial charge is 0.0934 e. The average molecular weight is 223 g/mol. The zero-order valence-electron chi connectivity index (χ0n) is 11.0. The minimum atomic E-state index is 0.332. The van der Waals surface area contributed by atoms with Gasteiger partial charge in [-0.3, -0.25) is 0 Å². The van der Waals surface area contributed by atoms with Crippen LogP contribution in [0.4, 0.5) is 0 Å². The Bertz CT molecular complexity index is 279. The lowest BCUT2D eigenvalue weighted by atomic mass is 9.81. The molecule has 1 unspecified atom stereocenters. The Hall–Kier alpha value is -0.760. The van der Waals surface area contributed by atoms with Gasteiger partial charge in [-0.05, 0) is 42.3 Å². The van der Waals surface area contributed by atoms with Gasteiger partial charge in [0.2, 0.25) is 0 Å². The third-order valence-corrected chi connectivity index (χ3v) is 3.17. The van der Waals surface area contributed by atoms with Gasteiger partial charge in [-0.1, -0.05) is 27.7 Å². The van der Waals surface area contributed by atoms with Crippen molar-refractivity contribution in [2.24, 2.45) is 11.3 Å². The standard InChI is InChI=1S/C14H25NO/c1-5-14(4,11-15-9-12(2)3)8-13-6-7-16-10-13/h6-7,10,12,15H,5,8-9,11H2,1-4H3. The summed E-state index contributed by atoms with van der Waals surface area (Å²) in [6.07, 6.45) is 5.89. The molecule has 0 aromatic carbocycles. The first-order valence-corrected chi connectivity index (χ1v) is 6.27. The lowest BCUT2D eigenvalue weighted by Gasteiger charge is -2.28. The molecular weight excluding hydrogens is 198 g/mol. The lowest BCUT2D eigenvalue weighted by Crippen LogP contribution is -2.35. The van der Waals surface area contributed by atoms with Crippen LogP contribution in [0.1, 0.15) is 39.7 Å². The molecule has 0 radical (unpaired) electrons. The quantitative estimate of drug-likeness (QED) is 0.765. The van der Waals surface area contributed by atoms with Crippen molar-refractivity contribution >= 4 is 0 Å². The monoisotopic (exact) mass is 223 g/mol. The highest BCUT2D eigenvalue weighted by Crippen LogP contribution is 2.25. The van der Waals surface area contributed by atoms with Crippen LogP contribution < -0.4 is 5.32 Å². The summed E-state index contributed by atoms with van der Waals surface area (Å²) in [7, 11) is 0. The molecule has 0 fully saturated rings. The van der Waals surface area contributed by atoms with Gasteiger partial charge in [-0.15, -0.1) is 0 Å². The second-order valence-electron chi connectivity index (χ2n) is 5.50. The normalized spacial score (nSPS) is 15.3. The average Bonchev–Trinajstić information content (AvgIpc) is 2.69. The van der Waals surface area contributed by atoms with Gasteiger partial charge in [0, 0.05) is 6.54 Å². The molecule has 1 N–H and O–H groups in total. The molecule has 92 valence electrons. The van der Waals surface area contributed by atoms with Gasteiger partial charge in [-0.2, -0.15) is 0 Å². The van der Waals surface area contributed by atoms with Gasteiger partial charge in [0.05, 0.1) is 12.5 Å². The number of nitrogens with one attached hydrogen (secondary N) is 1. The predicted octanol–water partition coefficient (Wildman–Crippen LogP) is 3.48. The van der Waals surface area contributed by atoms with Crippen molar-refractivity contribution in [1.82, 2.24) is 5.32 Å². The van der Waals surface area contributed by atoms with Crippen LogP contribution in [0.25, 0.3) is 0 Å². The Kier molecular flexibility index (Phi) is 5.07. The summed E-state index contributed by atoms with van der Waals surface area (Å²) < 4.78 is 5.13. The van der Waals surface area contributed by atoms with Crippen molar-refractivity contribution in [2.75, 3.05) is 13.1 Å². The maximum absolute atomic E-state index is 5.13. The molecule has 1 atom stereocenters. The molecule has 0 spiro atoms. The van der Waals surface area contributed by atoms with Crippen molar-refractivity contribution in [3.63, 3.8) is 0 Å². The highest BCUT2D eigenvalue weighted by molar-refractivity contribution is 5.08. The van der Waals surface area contributed by atoms with Crippen molar-refractivity contribution < 1.29 is 4.42 Å². The van der Waals surface area contributed by atoms with E-state index in [1.807, 2.05) is 6.26 Å². The topological polar surface area (TPSA) is 25.2 Å². The molecule has 2 heteroatoms. The molecule has 1 rings (SSSR count). The number of rotatable bonds is 7. The van der Waals surface area contributed by atoms with Crippen LogP contribution in [0.2, 0.25) is 0 Å². The first-order chi connectivity index (χ1) is 7.56. The van der Waals surface area contributed by atoms with Gasteiger partial charge < -0.3 is 9.73 Å². The minimum Gasteiger partial charge on any atom is -0.472 e. The minimum absolute atomic E-state index is 0.332. The third-order valence-electron chi connectivity index (χ3n) is 3.17. The van der Waals surface area contributed by atoms with Crippen LogP contribution in [0.3, 0.4) is 0 Å². The summed E-state index contributed by atoms with van der Waals surface area (Å²) in [5.41, 5.74) is 1.63. The van der Waals surface area contributed by atoms with Crippen LogP contribution in [-0.2, 0) is 6.42 Å². The number of hydrogen-bond acceptors (Lipinski definition) is 2. The number of hydrogen-bond donors (Lipinski definition) is 1. The Balaban J connectivity index is 2.43. The van der Waals surface area contributed by atoms with E-state index < -0.39 is 0 Å². The molecule has 1 aromatic heterocycles. The summed E-state index contributed by atoms with van der Waals surface area (Å²) >= 11 is 0. The molecule has 0 aliphatic rings. The summed E-state index contributed by atoms with van der Waals surface area (Å²) in [6, 6.07) is 2.07. The van der Waals surface area contributed by atoms with Crippen molar-refractivity contribution in [3.05, 3.63) is 24.2 Å². The molecule has 2 nitrogen and oxygen atoms in total. The zero-order valence-corrected chi connectivity index (χ0v) is 11.0. The van der Waals surface area contributed by atoms with Gasteiger partial charge in [0.25, 0.3) is 0 Å². The van der Waals surface area contributed by atoms with E-state index in [9.17, 15) is 0 Å². The summed E-state index contributed by atoms with van der Waals surface area (Å²) in [5, 5.41) is 3.56. The number of furan rings is 1. The Morgan fingerprint density at radius 1 is 1.44 bits per heavy atom. The first-order valence-electron chi connectivity index (χ1n) is 6.27. The largest absolute Gasteiger partial charge is 0.472 e. The van der Waals surface area contributed by atoms with Crippen LogP contribution in [-0.4, -0.2) is 13.1 Å². The molecule has 1 heterocycles. The molecule has 0 saturated heterocycles. The Morgan fingerprint density at radius 3 is 2.69 bits per heavy atom. The highest BCUT2D eigenvalue weighted by atomic mass is 16.3. The SMILES string of the molecule is CCC(C)(CNCC(C)C)Cc1ccoc1. The molecule has 1 aromatic rings. The maximum Gasteiger partial charge on any atom is 0.0934 e. The van der Waals surface area contributed by atoms with Gasteiger partial charge in [-0.25, -0.2) is 0 Å². The summed E-state index contributed by atoms with van der Waals surface area (Å²) in [6.45, 7) is 11.3. The lowest BCUT2D eigenvalue weighted by molar-refractivity contribution is 0.284. The second kappa shape index (κ2) is 6.09. The molecule has 0 bridgehead atoms. The molecular formula is C14H25NO.